The number of aliphatic hydroxyl groups is 1. The quantitative estimate of drug-likeness (QED) is 0.426. The fourth-order valence-corrected chi connectivity index (χ4v) is 4.05. The summed E-state index contributed by atoms with van der Waals surface area (Å²) < 4.78 is 30.4. The molecule has 24 heavy (non-hydrogen) atoms. The smallest absolute Gasteiger partial charge is 0.264 e. The zero-order chi connectivity index (χ0) is 18.1. The van der Waals surface area contributed by atoms with Crippen molar-refractivity contribution in [2.45, 2.75) is 70.8 Å². The summed E-state index contributed by atoms with van der Waals surface area (Å²) in [5.41, 5.74) is 0.0810. The molecule has 1 rings (SSSR count). The second-order valence-corrected chi connectivity index (χ2v) is 8.23. The van der Waals surface area contributed by atoms with Gasteiger partial charge in [-0.3, -0.25) is 4.55 Å². The molecule has 138 valence electrons. The highest BCUT2D eigenvalue weighted by atomic mass is 32.2. The summed E-state index contributed by atoms with van der Waals surface area (Å²) in [6, 6.07) is 9.82. The van der Waals surface area contributed by atoms with E-state index < -0.39 is 15.7 Å². The van der Waals surface area contributed by atoms with Crippen LogP contribution in [0.25, 0.3) is 0 Å². The van der Waals surface area contributed by atoms with E-state index in [1.165, 1.54) is 0 Å². The van der Waals surface area contributed by atoms with E-state index in [-0.39, 0.29) is 11.7 Å². The highest BCUT2D eigenvalue weighted by molar-refractivity contribution is 7.85. The monoisotopic (exact) mass is 356 g/mol. The minimum Gasteiger partial charge on any atom is -0.385 e. The third-order valence-corrected chi connectivity index (χ3v) is 5.49. The summed E-state index contributed by atoms with van der Waals surface area (Å²) >= 11 is 0. The van der Waals surface area contributed by atoms with Gasteiger partial charge in [-0.1, -0.05) is 69.9 Å². The van der Waals surface area contributed by atoms with Crippen LogP contribution in [0.1, 0.15) is 70.8 Å². The van der Waals surface area contributed by atoms with Gasteiger partial charge in [0.05, 0.1) is 11.4 Å². The zero-order valence-electron chi connectivity index (χ0n) is 14.9. The van der Waals surface area contributed by atoms with Crippen LogP contribution in [0.3, 0.4) is 0 Å². The number of unbranched alkanes of at least 4 members (excludes halogenated alkanes) is 2. The van der Waals surface area contributed by atoms with Crippen LogP contribution in [-0.4, -0.2) is 23.8 Å². The van der Waals surface area contributed by atoms with Crippen LogP contribution >= 0.6 is 0 Å². The highest BCUT2D eigenvalue weighted by Gasteiger charge is 2.36. The number of hydrogen-bond donors (Lipinski definition) is 2. The molecule has 5 heteroatoms. The van der Waals surface area contributed by atoms with Crippen molar-refractivity contribution < 1.29 is 18.1 Å². The van der Waals surface area contributed by atoms with Gasteiger partial charge in [0.2, 0.25) is 0 Å². The van der Waals surface area contributed by atoms with Gasteiger partial charge >= 0.3 is 0 Å². The molecule has 0 aliphatic rings. The standard InChI is InChI=1S/C19H32O4S/c1-3-11-17(12-4-2)19(20,18-13-7-5-8-14-18)15-9-6-10-16-24(21,22)23/h5,7-8,13-14,17,20H,3-4,6,9-12,15-16H2,1-2H3,(H,21,22,23). The molecule has 0 amide bonds. The number of rotatable bonds is 12. The third-order valence-electron chi connectivity index (χ3n) is 4.68. The van der Waals surface area contributed by atoms with E-state index in [1.54, 1.807) is 0 Å². The zero-order valence-corrected chi connectivity index (χ0v) is 15.8. The van der Waals surface area contributed by atoms with Gasteiger partial charge in [-0.05, 0) is 37.2 Å². The van der Waals surface area contributed by atoms with E-state index in [2.05, 4.69) is 13.8 Å². The topological polar surface area (TPSA) is 74.6 Å². The first-order chi connectivity index (χ1) is 11.3. The van der Waals surface area contributed by atoms with Crippen molar-refractivity contribution in [3.63, 3.8) is 0 Å². The Hall–Kier alpha value is -0.910. The molecule has 1 aromatic carbocycles. The molecule has 0 radical (unpaired) electrons. The Morgan fingerprint density at radius 2 is 1.58 bits per heavy atom. The third kappa shape index (κ3) is 6.91. The van der Waals surface area contributed by atoms with Crippen molar-refractivity contribution in [3.8, 4) is 0 Å². The van der Waals surface area contributed by atoms with E-state index in [9.17, 15) is 13.5 Å². The molecule has 2 N–H and O–H groups in total. The second kappa shape index (κ2) is 10.2. The predicted octanol–water partition coefficient (Wildman–Crippen LogP) is 4.54. The maximum atomic E-state index is 11.5. The van der Waals surface area contributed by atoms with E-state index >= 15 is 0 Å². The molecule has 1 unspecified atom stereocenters. The normalized spacial score (nSPS) is 14.7. The van der Waals surface area contributed by atoms with E-state index in [0.717, 1.165) is 37.7 Å². The van der Waals surface area contributed by atoms with Crippen LogP contribution in [0.5, 0.6) is 0 Å². The van der Waals surface area contributed by atoms with Crippen LogP contribution in [0.15, 0.2) is 30.3 Å². The van der Waals surface area contributed by atoms with Gasteiger partial charge < -0.3 is 5.11 Å². The Balaban J connectivity index is 2.81. The second-order valence-electron chi connectivity index (χ2n) is 6.66. The molecule has 0 aliphatic heterocycles. The Labute approximate surface area is 147 Å². The van der Waals surface area contributed by atoms with Crippen molar-refractivity contribution in [2.75, 3.05) is 5.75 Å². The predicted molar refractivity (Wildman–Crippen MR) is 98.5 cm³/mol. The minimum atomic E-state index is -3.89. The van der Waals surface area contributed by atoms with Crippen molar-refractivity contribution in [2.24, 2.45) is 5.92 Å². The fourth-order valence-electron chi connectivity index (χ4n) is 3.49. The molecular weight excluding hydrogens is 324 g/mol. The number of benzene rings is 1. The summed E-state index contributed by atoms with van der Waals surface area (Å²) in [6.07, 6.45) is 6.48. The molecule has 0 aromatic heterocycles. The van der Waals surface area contributed by atoms with Gasteiger partial charge in [-0.2, -0.15) is 8.42 Å². The van der Waals surface area contributed by atoms with Crippen molar-refractivity contribution >= 4 is 10.1 Å². The number of hydrogen-bond acceptors (Lipinski definition) is 3. The van der Waals surface area contributed by atoms with Crippen molar-refractivity contribution in [3.05, 3.63) is 35.9 Å². The average Bonchev–Trinajstić information content (AvgIpc) is 2.54. The SMILES string of the molecule is CCCC(CCC)C(O)(CCCCCS(=O)(=O)O)c1ccccc1. The Bertz CT molecular complexity index is 550. The lowest BCUT2D eigenvalue weighted by Crippen LogP contribution is -2.35. The molecule has 0 aliphatic carbocycles. The van der Waals surface area contributed by atoms with Gasteiger partial charge in [0.25, 0.3) is 10.1 Å². The minimum absolute atomic E-state index is 0.204. The van der Waals surface area contributed by atoms with E-state index in [1.807, 2.05) is 30.3 Å². The maximum absolute atomic E-state index is 11.5. The summed E-state index contributed by atoms with van der Waals surface area (Å²) in [6.45, 7) is 4.28. The first-order valence-electron chi connectivity index (χ1n) is 9.06. The molecule has 0 heterocycles. The molecule has 0 saturated carbocycles. The van der Waals surface area contributed by atoms with Crippen molar-refractivity contribution in [1.29, 1.82) is 0 Å². The first kappa shape index (κ1) is 21.1. The molecule has 1 atom stereocenters. The van der Waals surface area contributed by atoms with Crippen LogP contribution in [0.2, 0.25) is 0 Å². The van der Waals surface area contributed by atoms with E-state index in [0.29, 0.717) is 19.3 Å². The molecule has 0 fully saturated rings. The maximum Gasteiger partial charge on any atom is 0.264 e. The molecule has 1 aromatic rings. The Morgan fingerprint density at radius 1 is 1.00 bits per heavy atom. The van der Waals surface area contributed by atoms with Crippen LogP contribution in [-0.2, 0) is 15.7 Å². The molecular formula is C19H32O4S. The van der Waals surface area contributed by atoms with Crippen LogP contribution in [0.4, 0.5) is 0 Å². The lowest BCUT2D eigenvalue weighted by atomic mass is 9.73. The molecule has 0 spiro atoms. The molecule has 0 saturated heterocycles. The summed E-state index contributed by atoms with van der Waals surface area (Å²) in [7, 11) is -3.89. The van der Waals surface area contributed by atoms with Crippen molar-refractivity contribution in [1.82, 2.24) is 0 Å². The first-order valence-corrected chi connectivity index (χ1v) is 10.7. The summed E-state index contributed by atoms with van der Waals surface area (Å²) in [5, 5.41) is 11.5. The van der Waals surface area contributed by atoms with Crippen LogP contribution < -0.4 is 0 Å². The van der Waals surface area contributed by atoms with Gasteiger partial charge in [-0.15, -0.1) is 0 Å². The van der Waals surface area contributed by atoms with E-state index in [4.69, 9.17) is 4.55 Å². The largest absolute Gasteiger partial charge is 0.385 e. The lowest BCUT2D eigenvalue weighted by molar-refractivity contribution is -0.0415. The summed E-state index contributed by atoms with van der Waals surface area (Å²) in [4.78, 5) is 0. The fraction of sp³-hybridized carbons (Fsp3) is 0.684. The van der Waals surface area contributed by atoms with Gasteiger partial charge in [0.1, 0.15) is 0 Å². The lowest BCUT2D eigenvalue weighted by Gasteiger charge is -2.37. The van der Waals surface area contributed by atoms with Crippen LogP contribution in [0, 0.1) is 5.92 Å². The average molecular weight is 357 g/mol. The van der Waals surface area contributed by atoms with Gasteiger partial charge in [0.15, 0.2) is 0 Å². The molecule has 4 nitrogen and oxygen atoms in total. The highest BCUT2D eigenvalue weighted by Crippen LogP contribution is 2.40. The van der Waals surface area contributed by atoms with Gasteiger partial charge in [0, 0.05) is 0 Å². The molecule has 0 bridgehead atoms. The summed E-state index contributed by atoms with van der Waals surface area (Å²) in [5.74, 6) is 0.000817. The van der Waals surface area contributed by atoms with Gasteiger partial charge in [-0.25, -0.2) is 0 Å². The Kier molecular flexibility index (Phi) is 8.95. The Morgan fingerprint density at radius 3 is 2.08 bits per heavy atom.